The molecule has 0 saturated carbocycles. The van der Waals surface area contributed by atoms with Crippen LogP contribution in [0.5, 0.6) is 0 Å². The van der Waals surface area contributed by atoms with E-state index in [0.717, 1.165) is 55.9 Å². The third-order valence-corrected chi connectivity index (χ3v) is 4.81. The summed E-state index contributed by atoms with van der Waals surface area (Å²) in [7, 11) is 0. The van der Waals surface area contributed by atoms with Crippen LogP contribution in [0.1, 0.15) is 23.9 Å². The molecule has 0 amide bonds. The van der Waals surface area contributed by atoms with Crippen molar-refractivity contribution in [2.45, 2.75) is 32.2 Å². The van der Waals surface area contributed by atoms with E-state index < -0.39 is 6.10 Å². The van der Waals surface area contributed by atoms with Gasteiger partial charge in [0.05, 0.1) is 35.4 Å². The standard InChI is InChI=1S/C18H23N5O2/c24-12-18(25)16-10-14-11-21(6-3-7-23(14)20-16)8-9-22-13-19-15-4-1-2-5-17(15)22/h1-2,4-5,10,13,18,24-25H,3,6-9,11-12H2. The molecule has 1 atom stereocenters. The number of aryl methyl sites for hydroxylation is 1. The van der Waals surface area contributed by atoms with E-state index in [4.69, 9.17) is 5.11 Å². The van der Waals surface area contributed by atoms with Crippen LogP contribution in [0.25, 0.3) is 11.0 Å². The summed E-state index contributed by atoms with van der Waals surface area (Å²) >= 11 is 0. The van der Waals surface area contributed by atoms with E-state index in [0.29, 0.717) is 5.69 Å². The summed E-state index contributed by atoms with van der Waals surface area (Å²) in [5.41, 5.74) is 3.84. The zero-order valence-electron chi connectivity index (χ0n) is 14.1. The Morgan fingerprint density at radius 3 is 2.92 bits per heavy atom. The van der Waals surface area contributed by atoms with Crippen LogP contribution in [0.4, 0.5) is 0 Å². The monoisotopic (exact) mass is 341 g/mol. The van der Waals surface area contributed by atoms with Crippen molar-refractivity contribution >= 4 is 11.0 Å². The Hall–Kier alpha value is -2.22. The number of para-hydroxylation sites is 2. The van der Waals surface area contributed by atoms with Gasteiger partial charge in [-0.05, 0) is 24.6 Å². The average Bonchev–Trinajstić information content (AvgIpc) is 3.18. The molecule has 0 radical (unpaired) electrons. The molecular formula is C18H23N5O2. The SMILES string of the molecule is OCC(O)c1cc2n(n1)CCCN(CCn1cnc3ccccc31)C2. The Balaban J connectivity index is 1.45. The third-order valence-electron chi connectivity index (χ3n) is 4.81. The normalized spacial score (nSPS) is 16.7. The molecule has 3 heterocycles. The van der Waals surface area contributed by atoms with Crippen LogP contribution in [0.3, 0.4) is 0 Å². The number of rotatable bonds is 5. The van der Waals surface area contributed by atoms with Gasteiger partial charge >= 0.3 is 0 Å². The maximum Gasteiger partial charge on any atom is 0.121 e. The molecule has 0 aliphatic carbocycles. The maximum absolute atomic E-state index is 9.79. The van der Waals surface area contributed by atoms with Gasteiger partial charge in [-0.25, -0.2) is 4.98 Å². The molecule has 0 spiro atoms. The molecule has 132 valence electrons. The summed E-state index contributed by atoms with van der Waals surface area (Å²) < 4.78 is 4.15. The van der Waals surface area contributed by atoms with Crippen molar-refractivity contribution in [1.29, 1.82) is 0 Å². The number of aliphatic hydroxyl groups is 2. The Bertz CT molecular complexity index is 856. The number of hydrogen-bond donors (Lipinski definition) is 2. The molecule has 7 nitrogen and oxygen atoms in total. The van der Waals surface area contributed by atoms with Gasteiger partial charge in [-0.1, -0.05) is 12.1 Å². The van der Waals surface area contributed by atoms with Crippen LogP contribution in [0.2, 0.25) is 0 Å². The Morgan fingerprint density at radius 1 is 1.16 bits per heavy atom. The first-order chi connectivity index (χ1) is 12.2. The fourth-order valence-electron chi connectivity index (χ4n) is 3.44. The first-order valence-corrected chi connectivity index (χ1v) is 8.72. The first-order valence-electron chi connectivity index (χ1n) is 8.72. The number of hydrogen-bond acceptors (Lipinski definition) is 5. The molecule has 1 aromatic carbocycles. The summed E-state index contributed by atoms with van der Waals surface area (Å²) in [6.07, 6.45) is 2.03. The van der Waals surface area contributed by atoms with Crippen molar-refractivity contribution in [2.24, 2.45) is 0 Å². The second kappa shape index (κ2) is 6.95. The molecule has 1 aliphatic rings. The van der Waals surface area contributed by atoms with Gasteiger partial charge in [-0.2, -0.15) is 5.10 Å². The van der Waals surface area contributed by atoms with Gasteiger partial charge in [-0.3, -0.25) is 9.58 Å². The van der Waals surface area contributed by atoms with E-state index in [1.165, 1.54) is 0 Å². The summed E-state index contributed by atoms with van der Waals surface area (Å²) in [6.45, 7) is 4.20. The molecular weight excluding hydrogens is 318 g/mol. The number of aliphatic hydroxyl groups excluding tert-OH is 2. The number of nitrogens with zero attached hydrogens (tertiary/aromatic N) is 5. The van der Waals surface area contributed by atoms with E-state index >= 15 is 0 Å². The topological polar surface area (TPSA) is 79.3 Å². The molecule has 4 rings (SSSR count). The van der Waals surface area contributed by atoms with Gasteiger partial charge < -0.3 is 14.8 Å². The van der Waals surface area contributed by atoms with E-state index in [1.54, 1.807) is 0 Å². The third kappa shape index (κ3) is 3.30. The van der Waals surface area contributed by atoms with Gasteiger partial charge in [0.1, 0.15) is 6.10 Å². The highest BCUT2D eigenvalue weighted by atomic mass is 16.3. The van der Waals surface area contributed by atoms with Gasteiger partial charge in [0.15, 0.2) is 0 Å². The summed E-state index contributed by atoms with van der Waals surface area (Å²) in [5, 5.41) is 23.3. The minimum atomic E-state index is -0.898. The Labute approximate surface area is 146 Å². The first kappa shape index (κ1) is 16.3. The molecule has 2 N–H and O–H groups in total. The van der Waals surface area contributed by atoms with E-state index in [9.17, 15) is 5.11 Å². The highest BCUT2D eigenvalue weighted by Gasteiger charge is 2.19. The van der Waals surface area contributed by atoms with E-state index in [2.05, 4.69) is 25.6 Å². The van der Waals surface area contributed by atoms with Gasteiger partial charge in [0.2, 0.25) is 0 Å². The molecule has 7 heteroatoms. The molecule has 1 unspecified atom stereocenters. The van der Waals surface area contributed by atoms with Crippen LogP contribution >= 0.6 is 0 Å². The largest absolute Gasteiger partial charge is 0.393 e. The predicted octanol–water partition coefficient (Wildman–Crippen LogP) is 1.16. The number of imidazole rings is 1. The highest BCUT2D eigenvalue weighted by Crippen LogP contribution is 2.18. The summed E-state index contributed by atoms with van der Waals surface area (Å²) in [4.78, 5) is 6.86. The average molecular weight is 341 g/mol. The van der Waals surface area contributed by atoms with Crippen molar-refractivity contribution in [2.75, 3.05) is 19.7 Å². The van der Waals surface area contributed by atoms with Gasteiger partial charge in [-0.15, -0.1) is 0 Å². The number of benzene rings is 1. The molecule has 3 aromatic rings. The van der Waals surface area contributed by atoms with Crippen LogP contribution in [-0.4, -0.2) is 54.1 Å². The van der Waals surface area contributed by atoms with Crippen molar-refractivity contribution < 1.29 is 10.2 Å². The molecule has 2 aromatic heterocycles. The van der Waals surface area contributed by atoms with Crippen LogP contribution < -0.4 is 0 Å². The lowest BCUT2D eigenvalue weighted by Crippen LogP contribution is -2.27. The molecule has 25 heavy (non-hydrogen) atoms. The minimum absolute atomic E-state index is 0.298. The zero-order chi connectivity index (χ0) is 17.2. The lowest BCUT2D eigenvalue weighted by atomic mass is 10.2. The van der Waals surface area contributed by atoms with Crippen LogP contribution in [-0.2, 0) is 19.6 Å². The zero-order valence-corrected chi connectivity index (χ0v) is 14.1. The molecule has 0 fully saturated rings. The minimum Gasteiger partial charge on any atom is -0.393 e. The fourth-order valence-corrected chi connectivity index (χ4v) is 3.44. The molecule has 0 saturated heterocycles. The Morgan fingerprint density at radius 2 is 2.04 bits per heavy atom. The van der Waals surface area contributed by atoms with Gasteiger partial charge in [0.25, 0.3) is 0 Å². The fraction of sp³-hybridized carbons (Fsp3) is 0.444. The number of fused-ring (bicyclic) bond motifs is 2. The second-order valence-electron chi connectivity index (χ2n) is 6.54. The van der Waals surface area contributed by atoms with Crippen LogP contribution in [0, 0.1) is 0 Å². The highest BCUT2D eigenvalue weighted by molar-refractivity contribution is 5.74. The second-order valence-corrected chi connectivity index (χ2v) is 6.54. The smallest absolute Gasteiger partial charge is 0.121 e. The predicted molar refractivity (Wildman–Crippen MR) is 93.9 cm³/mol. The summed E-state index contributed by atoms with van der Waals surface area (Å²) in [5.74, 6) is 0. The number of aromatic nitrogens is 4. The van der Waals surface area contributed by atoms with Crippen molar-refractivity contribution in [3.05, 3.63) is 48.0 Å². The van der Waals surface area contributed by atoms with Crippen molar-refractivity contribution in [3.63, 3.8) is 0 Å². The molecule has 1 aliphatic heterocycles. The van der Waals surface area contributed by atoms with E-state index in [1.807, 2.05) is 35.3 Å². The van der Waals surface area contributed by atoms with Gasteiger partial charge in [0, 0.05) is 32.7 Å². The van der Waals surface area contributed by atoms with Crippen molar-refractivity contribution in [3.8, 4) is 0 Å². The van der Waals surface area contributed by atoms with E-state index in [-0.39, 0.29) is 6.61 Å². The van der Waals surface area contributed by atoms with Crippen molar-refractivity contribution in [1.82, 2.24) is 24.2 Å². The summed E-state index contributed by atoms with van der Waals surface area (Å²) in [6, 6.07) is 10.1. The lowest BCUT2D eigenvalue weighted by molar-refractivity contribution is 0.0916. The Kier molecular flexibility index (Phi) is 4.52. The lowest BCUT2D eigenvalue weighted by Gasteiger charge is -2.19. The quantitative estimate of drug-likeness (QED) is 0.728. The van der Waals surface area contributed by atoms with Crippen LogP contribution in [0.15, 0.2) is 36.7 Å². The molecule has 0 bridgehead atoms. The maximum atomic E-state index is 9.79.